The molecule has 1 aliphatic carbocycles. The predicted molar refractivity (Wildman–Crippen MR) is 94.8 cm³/mol. The van der Waals surface area contributed by atoms with E-state index < -0.39 is 0 Å². The normalized spacial score (nSPS) is 16.9. The second kappa shape index (κ2) is 9.41. The first kappa shape index (κ1) is 17.6. The Hall–Kier alpha value is -0.740. The number of methoxy groups -OCH3 is 1. The van der Waals surface area contributed by atoms with Crippen LogP contribution in [0.3, 0.4) is 0 Å². The summed E-state index contributed by atoms with van der Waals surface area (Å²) in [5.41, 5.74) is 1.22. The molecule has 0 heterocycles. The van der Waals surface area contributed by atoms with E-state index in [1.807, 2.05) is 13.0 Å². The van der Waals surface area contributed by atoms with Crippen molar-refractivity contribution >= 4 is 15.9 Å². The Labute approximate surface area is 142 Å². The van der Waals surface area contributed by atoms with Gasteiger partial charge in [-0.2, -0.15) is 0 Å². The summed E-state index contributed by atoms with van der Waals surface area (Å²) in [6.45, 7) is 3.49. The molecule has 0 unspecified atom stereocenters. The molecule has 1 aromatic carbocycles. The summed E-state index contributed by atoms with van der Waals surface area (Å²) in [5.74, 6) is 1.60. The van der Waals surface area contributed by atoms with Crippen molar-refractivity contribution < 1.29 is 9.47 Å². The van der Waals surface area contributed by atoms with Crippen molar-refractivity contribution in [3.63, 3.8) is 0 Å². The third-order valence-electron chi connectivity index (χ3n) is 4.32. The van der Waals surface area contributed by atoms with Gasteiger partial charge in [0.05, 0.1) is 13.7 Å². The molecule has 0 spiro atoms. The molecule has 0 aliphatic heterocycles. The van der Waals surface area contributed by atoms with E-state index in [-0.39, 0.29) is 0 Å². The van der Waals surface area contributed by atoms with Gasteiger partial charge in [-0.15, -0.1) is 0 Å². The Balaban J connectivity index is 1.99. The minimum Gasteiger partial charge on any atom is -0.493 e. The Morgan fingerprint density at radius 3 is 2.41 bits per heavy atom. The fourth-order valence-corrected chi connectivity index (χ4v) is 3.52. The van der Waals surface area contributed by atoms with Crippen molar-refractivity contribution in [1.82, 2.24) is 5.32 Å². The van der Waals surface area contributed by atoms with Crippen LogP contribution in [0, 0.1) is 0 Å². The van der Waals surface area contributed by atoms with Gasteiger partial charge in [-0.05, 0) is 37.5 Å². The van der Waals surface area contributed by atoms with Crippen LogP contribution in [0.5, 0.6) is 11.5 Å². The summed E-state index contributed by atoms with van der Waals surface area (Å²) in [5, 5.41) is 3.72. The number of ether oxygens (including phenoxy) is 2. The molecule has 3 nitrogen and oxygen atoms in total. The molecule has 1 aliphatic rings. The van der Waals surface area contributed by atoms with E-state index in [1.165, 1.54) is 50.5 Å². The maximum absolute atomic E-state index is 5.61. The first-order valence-corrected chi connectivity index (χ1v) is 9.26. The average Bonchev–Trinajstić information content (AvgIpc) is 2.48. The van der Waals surface area contributed by atoms with Gasteiger partial charge in [-0.25, -0.2) is 0 Å². The highest BCUT2D eigenvalue weighted by Gasteiger charge is 2.13. The average molecular weight is 370 g/mol. The molecule has 0 bridgehead atoms. The summed E-state index contributed by atoms with van der Waals surface area (Å²) in [4.78, 5) is 0. The van der Waals surface area contributed by atoms with Gasteiger partial charge < -0.3 is 14.8 Å². The number of hydrogen-bond acceptors (Lipinski definition) is 3. The van der Waals surface area contributed by atoms with E-state index in [2.05, 4.69) is 27.3 Å². The third kappa shape index (κ3) is 5.17. The van der Waals surface area contributed by atoms with Crippen LogP contribution in [0.4, 0.5) is 0 Å². The van der Waals surface area contributed by atoms with Gasteiger partial charge in [-0.1, -0.05) is 48.0 Å². The molecule has 0 radical (unpaired) electrons. The smallest absolute Gasteiger partial charge is 0.162 e. The highest BCUT2D eigenvalue weighted by molar-refractivity contribution is 9.10. The number of benzene rings is 1. The molecule has 1 saturated carbocycles. The van der Waals surface area contributed by atoms with Gasteiger partial charge in [-0.3, -0.25) is 0 Å². The van der Waals surface area contributed by atoms with Gasteiger partial charge >= 0.3 is 0 Å². The van der Waals surface area contributed by atoms with Gasteiger partial charge in [0, 0.05) is 17.1 Å². The Morgan fingerprint density at radius 2 is 1.77 bits per heavy atom. The standard InChI is InChI=1S/C18H28BrNO2/c1-3-22-18-12-16(19)14(11-17(18)21-2)13-20-15-9-7-5-4-6-8-10-15/h11-12,15,20H,3-10,13H2,1-2H3. The van der Waals surface area contributed by atoms with Gasteiger partial charge in [0.25, 0.3) is 0 Å². The summed E-state index contributed by atoms with van der Waals surface area (Å²) < 4.78 is 12.1. The molecular weight excluding hydrogens is 342 g/mol. The van der Waals surface area contributed by atoms with Crippen molar-refractivity contribution in [3.8, 4) is 11.5 Å². The van der Waals surface area contributed by atoms with Gasteiger partial charge in [0.15, 0.2) is 11.5 Å². The molecule has 124 valence electrons. The molecule has 1 N–H and O–H groups in total. The van der Waals surface area contributed by atoms with Crippen LogP contribution in [0.15, 0.2) is 16.6 Å². The largest absolute Gasteiger partial charge is 0.493 e. The van der Waals surface area contributed by atoms with Crippen molar-refractivity contribution in [2.24, 2.45) is 0 Å². The lowest BCUT2D eigenvalue weighted by molar-refractivity contribution is 0.310. The monoisotopic (exact) mass is 369 g/mol. The minimum atomic E-state index is 0.641. The van der Waals surface area contributed by atoms with E-state index in [0.717, 1.165) is 22.5 Å². The molecule has 0 atom stereocenters. The van der Waals surface area contributed by atoms with Crippen LogP contribution < -0.4 is 14.8 Å². The van der Waals surface area contributed by atoms with Crippen LogP contribution in [-0.2, 0) is 6.54 Å². The number of nitrogens with one attached hydrogen (secondary N) is 1. The van der Waals surface area contributed by atoms with Crippen molar-refractivity contribution in [2.45, 2.75) is 64.5 Å². The number of halogens is 1. The fourth-order valence-electron chi connectivity index (χ4n) is 3.06. The van der Waals surface area contributed by atoms with Gasteiger partial charge in [0.1, 0.15) is 0 Å². The highest BCUT2D eigenvalue weighted by Crippen LogP contribution is 2.33. The lowest BCUT2D eigenvalue weighted by Crippen LogP contribution is -2.29. The summed E-state index contributed by atoms with van der Waals surface area (Å²) in [7, 11) is 1.69. The predicted octanol–water partition coefficient (Wildman–Crippen LogP) is 5.06. The lowest BCUT2D eigenvalue weighted by Gasteiger charge is -2.22. The molecule has 1 aromatic rings. The highest BCUT2D eigenvalue weighted by atomic mass is 79.9. The molecule has 0 aromatic heterocycles. The first-order chi connectivity index (χ1) is 10.7. The van der Waals surface area contributed by atoms with Crippen LogP contribution >= 0.6 is 15.9 Å². The lowest BCUT2D eigenvalue weighted by atomic mass is 9.96. The first-order valence-electron chi connectivity index (χ1n) is 8.47. The van der Waals surface area contributed by atoms with Crippen molar-refractivity contribution in [3.05, 3.63) is 22.2 Å². The quantitative estimate of drug-likeness (QED) is 0.759. The third-order valence-corrected chi connectivity index (χ3v) is 5.06. The second-order valence-electron chi connectivity index (χ2n) is 5.95. The summed E-state index contributed by atoms with van der Waals surface area (Å²) in [6.07, 6.45) is 9.49. The molecular formula is C18H28BrNO2. The zero-order chi connectivity index (χ0) is 15.8. The Morgan fingerprint density at radius 1 is 1.09 bits per heavy atom. The zero-order valence-electron chi connectivity index (χ0n) is 13.8. The maximum atomic E-state index is 5.61. The fraction of sp³-hybridized carbons (Fsp3) is 0.667. The van der Waals surface area contributed by atoms with E-state index in [4.69, 9.17) is 9.47 Å². The van der Waals surface area contributed by atoms with Crippen molar-refractivity contribution in [2.75, 3.05) is 13.7 Å². The van der Waals surface area contributed by atoms with E-state index in [0.29, 0.717) is 12.6 Å². The number of hydrogen-bond donors (Lipinski definition) is 1. The summed E-state index contributed by atoms with van der Waals surface area (Å²) >= 11 is 3.66. The molecule has 0 amide bonds. The Bertz CT molecular complexity index is 457. The molecule has 0 saturated heterocycles. The zero-order valence-corrected chi connectivity index (χ0v) is 15.4. The molecule has 4 heteroatoms. The second-order valence-corrected chi connectivity index (χ2v) is 6.80. The topological polar surface area (TPSA) is 30.5 Å². The van der Waals surface area contributed by atoms with Gasteiger partial charge in [0.2, 0.25) is 0 Å². The van der Waals surface area contributed by atoms with Crippen LogP contribution in [0.2, 0.25) is 0 Å². The van der Waals surface area contributed by atoms with E-state index >= 15 is 0 Å². The molecule has 2 rings (SSSR count). The van der Waals surface area contributed by atoms with Crippen LogP contribution in [-0.4, -0.2) is 19.8 Å². The van der Waals surface area contributed by atoms with Crippen LogP contribution in [0.1, 0.15) is 57.4 Å². The SMILES string of the molecule is CCOc1cc(Br)c(CNC2CCCCCCC2)cc1OC. The summed E-state index contributed by atoms with van der Waals surface area (Å²) in [6, 6.07) is 4.73. The number of rotatable bonds is 6. The molecule has 22 heavy (non-hydrogen) atoms. The molecule has 1 fully saturated rings. The Kier molecular flexibility index (Phi) is 7.53. The van der Waals surface area contributed by atoms with Crippen LogP contribution in [0.25, 0.3) is 0 Å². The minimum absolute atomic E-state index is 0.641. The van der Waals surface area contributed by atoms with Crippen molar-refractivity contribution in [1.29, 1.82) is 0 Å². The maximum Gasteiger partial charge on any atom is 0.162 e. The van der Waals surface area contributed by atoms with E-state index in [9.17, 15) is 0 Å². The van der Waals surface area contributed by atoms with E-state index in [1.54, 1.807) is 7.11 Å².